The molecule has 4 rings (SSSR count). The molecule has 8 nitrogen and oxygen atoms in total. The Balaban J connectivity index is 1.62. The number of nitrogens with one attached hydrogen (secondary N) is 1. The molecular formula is C21H21N5O3. The summed E-state index contributed by atoms with van der Waals surface area (Å²) >= 11 is 0. The van der Waals surface area contributed by atoms with E-state index in [0.29, 0.717) is 17.3 Å². The molecule has 29 heavy (non-hydrogen) atoms. The van der Waals surface area contributed by atoms with Crippen molar-refractivity contribution in [2.75, 3.05) is 12.4 Å². The van der Waals surface area contributed by atoms with E-state index >= 15 is 0 Å². The zero-order valence-electron chi connectivity index (χ0n) is 16.6. The normalized spacial score (nSPS) is 11.2. The van der Waals surface area contributed by atoms with Crippen molar-refractivity contribution in [2.24, 2.45) is 0 Å². The molecule has 3 heterocycles. The van der Waals surface area contributed by atoms with Crippen LogP contribution in [0.25, 0.3) is 22.4 Å². The van der Waals surface area contributed by atoms with Gasteiger partial charge >= 0.3 is 0 Å². The first-order chi connectivity index (χ1) is 13.9. The van der Waals surface area contributed by atoms with E-state index < -0.39 is 0 Å². The van der Waals surface area contributed by atoms with E-state index in [1.807, 2.05) is 29.9 Å². The summed E-state index contributed by atoms with van der Waals surface area (Å²) in [6.45, 7) is 5.99. The van der Waals surface area contributed by atoms with Crippen molar-refractivity contribution in [3.05, 3.63) is 54.3 Å². The summed E-state index contributed by atoms with van der Waals surface area (Å²) < 4.78 is 12.8. The number of anilines is 1. The third-order valence-electron chi connectivity index (χ3n) is 4.50. The van der Waals surface area contributed by atoms with Gasteiger partial charge in [0.15, 0.2) is 5.69 Å². The van der Waals surface area contributed by atoms with E-state index in [9.17, 15) is 4.79 Å². The standard InChI is InChI=1S/C21H21N5O3/c1-12(2)26-10-15-8-17(19(28-4)9-16(15)25-26)23-20(27)18-11-29-21(24-18)14-5-6-22-13(3)7-14/h5-12H,1-4H3,(H,23,27). The largest absolute Gasteiger partial charge is 0.494 e. The number of oxazole rings is 1. The average molecular weight is 391 g/mol. The zero-order chi connectivity index (χ0) is 20.5. The van der Waals surface area contributed by atoms with Crippen molar-refractivity contribution in [1.29, 1.82) is 0 Å². The summed E-state index contributed by atoms with van der Waals surface area (Å²) in [7, 11) is 1.55. The number of carbonyl (C=O) groups is 1. The summed E-state index contributed by atoms with van der Waals surface area (Å²) in [6, 6.07) is 7.50. The summed E-state index contributed by atoms with van der Waals surface area (Å²) in [5.74, 6) is 0.495. The maximum Gasteiger partial charge on any atom is 0.277 e. The number of carbonyl (C=O) groups excluding carboxylic acids is 1. The van der Waals surface area contributed by atoms with E-state index in [1.54, 1.807) is 25.4 Å². The Morgan fingerprint density at radius 2 is 2.10 bits per heavy atom. The molecule has 0 saturated carbocycles. The number of ether oxygens (including phenoxy) is 1. The molecule has 0 unspecified atom stereocenters. The number of methoxy groups -OCH3 is 1. The van der Waals surface area contributed by atoms with Crippen molar-refractivity contribution < 1.29 is 13.9 Å². The van der Waals surface area contributed by atoms with Gasteiger partial charge in [0.25, 0.3) is 5.91 Å². The second-order valence-corrected chi connectivity index (χ2v) is 6.99. The fourth-order valence-corrected chi connectivity index (χ4v) is 2.98. The number of rotatable bonds is 5. The van der Waals surface area contributed by atoms with Gasteiger partial charge in [0.1, 0.15) is 12.0 Å². The van der Waals surface area contributed by atoms with Gasteiger partial charge in [-0.3, -0.25) is 14.5 Å². The molecule has 0 atom stereocenters. The molecule has 0 spiro atoms. The highest BCUT2D eigenvalue weighted by Gasteiger charge is 2.17. The van der Waals surface area contributed by atoms with E-state index in [2.05, 4.69) is 34.2 Å². The first-order valence-corrected chi connectivity index (χ1v) is 9.21. The second-order valence-electron chi connectivity index (χ2n) is 6.99. The maximum atomic E-state index is 12.7. The molecule has 0 radical (unpaired) electrons. The lowest BCUT2D eigenvalue weighted by Gasteiger charge is -2.09. The first kappa shape index (κ1) is 18.7. The highest BCUT2D eigenvalue weighted by molar-refractivity contribution is 6.05. The summed E-state index contributed by atoms with van der Waals surface area (Å²) in [6.07, 6.45) is 4.95. The number of nitrogens with zero attached hydrogens (tertiary/aromatic N) is 4. The van der Waals surface area contributed by atoms with Crippen molar-refractivity contribution in [2.45, 2.75) is 26.8 Å². The molecule has 0 fully saturated rings. The van der Waals surface area contributed by atoms with Crippen LogP contribution in [0.2, 0.25) is 0 Å². The first-order valence-electron chi connectivity index (χ1n) is 9.21. The lowest BCUT2D eigenvalue weighted by atomic mass is 10.2. The van der Waals surface area contributed by atoms with Gasteiger partial charge in [-0.2, -0.15) is 5.10 Å². The average Bonchev–Trinajstić information content (AvgIpc) is 3.34. The molecule has 0 aliphatic carbocycles. The van der Waals surface area contributed by atoms with E-state index in [0.717, 1.165) is 22.2 Å². The van der Waals surface area contributed by atoms with Crippen LogP contribution >= 0.6 is 0 Å². The Morgan fingerprint density at radius 3 is 2.83 bits per heavy atom. The van der Waals surface area contributed by atoms with Gasteiger partial charge in [-0.25, -0.2) is 4.98 Å². The number of aromatic nitrogens is 4. The van der Waals surface area contributed by atoms with Crippen LogP contribution in [0.15, 0.2) is 47.3 Å². The van der Waals surface area contributed by atoms with E-state index in [-0.39, 0.29) is 17.6 Å². The molecule has 8 heteroatoms. The van der Waals surface area contributed by atoms with Crippen LogP contribution in [0.4, 0.5) is 5.69 Å². The molecule has 148 valence electrons. The molecule has 0 saturated heterocycles. The Hall–Kier alpha value is -3.68. The number of aryl methyl sites for hydroxylation is 1. The van der Waals surface area contributed by atoms with Crippen LogP contribution in [0, 0.1) is 6.92 Å². The van der Waals surface area contributed by atoms with Gasteiger partial charge in [0.2, 0.25) is 5.89 Å². The Labute approximate surface area is 167 Å². The van der Waals surface area contributed by atoms with Crippen LogP contribution in [-0.4, -0.2) is 32.8 Å². The minimum Gasteiger partial charge on any atom is -0.494 e. The minimum absolute atomic E-state index is 0.175. The fourth-order valence-electron chi connectivity index (χ4n) is 2.98. The highest BCUT2D eigenvalue weighted by atomic mass is 16.5. The summed E-state index contributed by atoms with van der Waals surface area (Å²) in [5.41, 5.74) is 3.11. The van der Waals surface area contributed by atoms with Crippen molar-refractivity contribution in [3.63, 3.8) is 0 Å². The Bertz CT molecular complexity index is 1190. The monoisotopic (exact) mass is 391 g/mol. The third-order valence-corrected chi connectivity index (χ3v) is 4.50. The molecule has 0 bridgehead atoms. The SMILES string of the molecule is COc1cc2nn(C(C)C)cc2cc1NC(=O)c1coc(-c2ccnc(C)c2)n1. The van der Waals surface area contributed by atoms with Gasteiger partial charge in [0.05, 0.1) is 18.3 Å². The van der Waals surface area contributed by atoms with Crippen LogP contribution in [-0.2, 0) is 0 Å². The van der Waals surface area contributed by atoms with E-state index in [1.165, 1.54) is 6.26 Å². The predicted octanol–water partition coefficient (Wildman–Crippen LogP) is 4.24. The lowest BCUT2D eigenvalue weighted by Crippen LogP contribution is -2.13. The topological polar surface area (TPSA) is 95.1 Å². The smallest absolute Gasteiger partial charge is 0.277 e. The molecule has 1 aromatic carbocycles. The van der Waals surface area contributed by atoms with E-state index in [4.69, 9.17) is 9.15 Å². The number of amides is 1. The van der Waals surface area contributed by atoms with Crippen LogP contribution in [0.5, 0.6) is 5.75 Å². The number of fused-ring (bicyclic) bond motifs is 1. The summed E-state index contributed by atoms with van der Waals surface area (Å²) in [5, 5.41) is 8.29. The minimum atomic E-state index is -0.389. The van der Waals surface area contributed by atoms with Crippen molar-refractivity contribution in [3.8, 4) is 17.2 Å². The van der Waals surface area contributed by atoms with Gasteiger partial charge in [0, 0.05) is 41.1 Å². The second kappa shape index (κ2) is 7.38. The van der Waals surface area contributed by atoms with Crippen LogP contribution in [0.3, 0.4) is 0 Å². The Morgan fingerprint density at radius 1 is 1.28 bits per heavy atom. The predicted molar refractivity (Wildman–Crippen MR) is 109 cm³/mol. The quantitative estimate of drug-likeness (QED) is 0.547. The molecule has 4 aromatic rings. The van der Waals surface area contributed by atoms with Crippen LogP contribution < -0.4 is 10.1 Å². The lowest BCUT2D eigenvalue weighted by molar-refractivity contribution is 0.102. The molecular weight excluding hydrogens is 370 g/mol. The Kier molecular flexibility index (Phi) is 4.75. The molecule has 0 aliphatic heterocycles. The number of hydrogen-bond donors (Lipinski definition) is 1. The summed E-state index contributed by atoms with van der Waals surface area (Å²) in [4.78, 5) is 21.2. The number of pyridine rings is 1. The number of benzene rings is 1. The third kappa shape index (κ3) is 3.69. The molecule has 1 N–H and O–H groups in total. The van der Waals surface area contributed by atoms with Gasteiger partial charge in [-0.05, 0) is 39.0 Å². The molecule has 0 aliphatic rings. The fraction of sp³-hybridized carbons (Fsp3) is 0.238. The maximum absolute atomic E-state index is 12.7. The van der Waals surface area contributed by atoms with Crippen molar-refractivity contribution >= 4 is 22.5 Å². The van der Waals surface area contributed by atoms with Gasteiger partial charge in [-0.15, -0.1) is 0 Å². The highest BCUT2D eigenvalue weighted by Crippen LogP contribution is 2.31. The molecule has 3 aromatic heterocycles. The zero-order valence-corrected chi connectivity index (χ0v) is 16.6. The van der Waals surface area contributed by atoms with Gasteiger partial charge in [-0.1, -0.05) is 0 Å². The van der Waals surface area contributed by atoms with Crippen LogP contribution in [0.1, 0.15) is 36.1 Å². The van der Waals surface area contributed by atoms with Crippen molar-refractivity contribution in [1.82, 2.24) is 19.7 Å². The molecule has 1 amide bonds. The van der Waals surface area contributed by atoms with Gasteiger partial charge < -0.3 is 14.5 Å². The number of hydrogen-bond acceptors (Lipinski definition) is 6.